The third-order valence-corrected chi connectivity index (χ3v) is 2.83. The third-order valence-electron chi connectivity index (χ3n) is 2.83. The molecule has 1 unspecified atom stereocenters. The minimum absolute atomic E-state index is 0.0695. The molecule has 1 N–H and O–H groups in total. The first-order chi connectivity index (χ1) is 8.08. The highest BCUT2D eigenvalue weighted by atomic mass is 19.1. The number of hydrogen-bond acceptors (Lipinski definition) is 3. The van der Waals surface area contributed by atoms with Crippen LogP contribution in [0.4, 0.5) is 4.39 Å². The summed E-state index contributed by atoms with van der Waals surface area (Å²) in [5.74, 6) is -1.95. The molecule has 0 radical (unpaired) electrons. The molecule has 5 heteroatoms. The lowest BCUT2D eigenvalue weighted by molar-refractivity contribution is 0.0684. The molecule has 1 aliphatic heterocycles. The Labute approximate surface area is 98.6 Å². The number of rotatable bonds is 3. The van der Waals surface area contributed by atoms with Crippen molar-refractivity contribution in [3.63, 3.8) is 0 Å². The first-order valence-corrected chi connectivity index (χ1v) is 5.45. The van der Waals surface area contributed by atoms with Crippen LogP contribution in [-0.2, 0) is 0 Å². The molecule has 1 aromatic rings. The van der Waals surface area contributed by atoms with Crippen LogP contribution in [0, 0.1) is 5.82 Å². The van der Waals surface area contributed by atoms with E-state index in [0.717, 1.165) is 25.6 Å². The normalized spacial score (nSPS) is 20.5. The number of halogens is 1. The predicted octanol–water partition coefficient (Wildman–Crippen LogP) is 1.61. The number of carboxylic acids is 1. The fourth-order valence-corrected chi connectivity index (χ4v) is 1.98. The molecule has 0 bridgehead atoms. The molecule has 0 amide bonds. The third kappa shape index (κ3) is 2.55. The average Bonchev–Trinajstić information content (AvgIpc) is 2.63. The van der Waals surface area contributed by atoms with Crippen LogP contribution in [0.1, 0.15) is 16.8 Å². The van der Waals surface area contributed by atoms with E-state index in [1.807, 2.05) is 7.05 Å². The van der Waals surface area contributed by atoms with Crippen LogP contribution in [0.25, 0.3) is 0 Å². The van der Waals surface area contributed by atoms with Crippen molar-refractivity contribution in [3.8, 4) is 5.75 Å². The molecule has 0 aliphatic carbocycles. The summed E-state index contributed by atoms with van der Waals surface area (Å²) in [6.07, 6.45) is 0.756. The number of carbonyl (C=O) groups is 1. The smallest absolute Gasteiger partial charge is 0.342 e. The summed E-state index contributed by atoms with van der Waals surface area (Å²) >= 11 is 0. The average molecular weight is 239 g/mol. The van der Waals surface area contributed by atoms with Gasteiger partial charge in [0.1, 0.15) is 23.2 Å². The maximum atomic E-state index is 13.4. The van der Waals surface area contributed by atoms with E-state index in [-0.39, 0.29) is 17.4 Å². The standard InChI is InChI=1S/C12H14FNO3/c1-14-6-5-8(7-14)17-10-4-2-3-9(13)11(10)12(15)16/h2-4,8H,5-7H2,1H3,(H,15,16). The Bertz CT molecular complexity index is 436. The van der Waals surface area contributed by atoms with Gasteiger partial charge in [0.05, 0.1) is 0 Å². The van der Waals surface area contributed by atoms with Gasteiger partial charge in [-0.1, -0.05) is 6.07 Å². The van der Waals surface area contributed by atoms with Gasteiger partial charge in [0.15, 0.2) is 0 Å². The highest BCUT2D eigenvalue weighted by Gasteiger charge is 2.24. The summed E-state index contributed by atoms with van der Waals surface area (Å²) < 4.78 is 18.9. The molecule has 0 saturated carbocycles. The number of aromatic carboxylic acids is 1. The maximum Gasteiger partial charge on any atom is 0.342 e. The largest absolute Gasteiger partial charge is 0.488 e. The van der Waals surface area contributed by atoms with Crippen molar-refractivity contribution < 1.29 is 19.0 Å². The molecule has 1 aliphatic rings. The molecule has 1 aromatic carbocycles. The predicted molar refractivity (Wildman–Crippen MR) is 59.9 cm³/mol. The monoisotopic (exact) mass is 239 g/mol. The van der Waals surface area contributed by atoms with E-state index in [1.54, 1.807) is 0 Å². The van der Waals surface area contributed by atoms with Gasteiger partial charge in [-0.25, -0.2) is 9.18 Å². The Morgan fingerprint density at radius 3 is 2.94 bits per heavy atom. The van der Waals surface area contributed by atoms with Gasteiger partial charge < -0.3 is 14.7 Å². The van der Waals surface area contributed by atoms with E-state index >= 15 is 0 Å². The maximum absolute atomic E-state index is 13.4. The molecular weight excluding hydrogens is 225 g/mol. The number of likely N-dealkylation sites (tertiary alicyclic amines) is 1. The zero-order chi connectivity index (χ0) is 12.4. The second-order valence-corrected chi connectivity index (χ2v) is 4.21. The molecule has 0 aromatic heterocycles. The van der Waals surface area contributed by atoms with E-state index in [9.17, 15) is 9.18 Å². The summed E-state index contributed by atoms with van der Waals surface area (Å²) in [6.45, 7) is 1.64. The van der Waals surface area contributed by atoms with Crippen molar-refractivity contribution in [1.29, 1.82) is 0 Å². The van der Waals surface area contributed by atoms with E-state index in [1.165, 1.54) is 12.1 Å². The fourth-order valence-electron chi connectivity index (χ4n) is 1.98. The first-order valence-electron chi connectivity index (χ1n) is 5.45. The molecule has 17 heavy (non-hydrogen) atoms. The highest BCUT2D eigenvalue weighted by Crippen LogP contribution is 2.24. The zero-order valence-electron chi connectivity index (χ0n) is 9.52. The van der Waals surface area contributed by atoms with Gasteiger partial charge in [-0.15, -0.1) is 0 Å². The molecule has 4 nitrogen and oxygen atoms in total. The van der Waals surface area contributed by atoms with E-state index in [2.05, 4.69) is 4.90 Å². The lowest BCUT2D eigenvalue weighted by atomic mass is 10.2. The SMILES string of the molecule is CN1CCC(Oc2cccc(F)c2C(=O)O)C1. The van der Waals surface area contributed by atoms with Gasteiger partial charge in [0.2, 0.25) is 0 Å². The zero-order valence-corrected chi connectivity index (χ0v) is 9.52. The van der Waals surface area contributed by atoms with Crippen LogP contribution in [0.2, 0.25) is 0 Å². The summed E-state index contributed by atoms with van der Waals surface area (Å²) in [5.41, 5.74) is -0.387. The van der Waals surface area contributed by atoms with Gasteiger partial charge in [0, 0.05) is 13.1 Å². The fraction of sp³-hybridized carbons (Fsp3) is 0.417. The van der Waals surface area contributed by atoms with Crippen molar-refractivity contribution in [3.05, 3.63) is 29.6 Å². The second kappa shape index (κ2) is 4.71. The quantitative estimate of drug-likeness (QED) is 0.870. The van der Waals surface area contributed by atoms with E-state index < -0.39 is 11.8 Å². The van der Waals surface area contributed by atoms with Crippen molar-refractivity contribution in [1.82, 2.24) is 4.90 Å². The summed E-state index contributed by atoms with van der Waals surface area (Å²) in [5, 5.41) is 8.94. The van der Waals surface area contributed by atoms with Gasteiger partial charge >= 0.3 is 5.97 Å². The molecule has 1 saturated heterocycles. The Morgan fingerprint density at radius 1 is 1.59 bits per heavy atom. The van der Waals surface area contributed by atoms with Crippen LogP contribution in [0.3, 0.4) is 0 Å². The van der Waals surface area contributed by atoms with Crippen LogP contribution in [0.5, 0.6) is 5.75 Å². The summed E-state index contributed by atoms with van der Waals surface area (Å²) in [6, 6.07) is 4.07. The lowest BCUT2D eigenvalue weighted by Crippen LogP contribution is -2.22. The molecule has 0 spiro atoms. The Balaban J connectivity index is 2.20. The van der Waals surface area contributed by atoms with Crippen LogP contribution in [-0.4, -0.2) is 42.2 Å². The summed E-state index contributed by atoms with van der Waals surface area (Å²) in [7, 11) is 1.97. The van der Waals surface area contributed by atoms with Gasteiger partial charge in [-0.2, -0.15) is 0 Å². The Morgan fingerprint density at radius 2 is 2.35 bits per heavy atom. The highest BCUT2D eigenvalue weighted by molar-refractivity contribution is 5.91. The number of nitrogens with zero attached hydrogens (tertiary/aromatic N) is 1. The van der Waals surface area contributed by atoms with Gasteiger partial charge in [-0.05, 0) is 25.6 Å². The van der Waals surface area contributed by atoms with Crippen molar-refractivity contribution in [2.24, 2.45) is 0 Å². The minimum atomic E-state index is -1.30. The number of benzene rings is 1. The van der Waals surface area contributed by atoms with Crippen LogP contribution >= 0.6 is 0 Å². The molecule has 92 valence electrons. The Hall–Kier alpha value is -1.62. The summed E-state index contributed by atoms with van der Waals surface area (Å²) in [4.78, 5) is 13.0. The van der Waals surface area contributed by atoms with Gasteiger partial charge in [-0.3, -0.25) is 0 Å². The van der Waals surface area contributed by atoms with E-state index in [4.69, 9.17) is 9.84 Å². The minimum Gasteiger partial charge on any atom is -0.488 e. The lowest BCUT2D eigenvalue weighted by Gasteiger charge is -2.15. The van der Waals surface area contributed by atoms with Crippen molar-refractivity contribution >= 4 is 5.97 Å². The van der Waals surface area contributed by atoms with Crippen LogP contribution in [0.15, 0.2) is 18.2 Å². The number of likely N-dealkylation sites (N-methyl/N-ethyl adjacent to an activating group) is 1. The number of hydrogen-bond donors (Lipinski definition) is 1. The molecule has 1 heterocycles. The Kier molecular flexibility index (Phi) is 3.28. The van der Waals surface area contributed by atoms with Gasteiger partial charge in [0.25, 0.3) is 0 Å². The van der Waals surface area contributed by atoms with Crippen LogP contribution < -0.4 is 4.74 Å². The topological polar surface area (TPSA) is 49.8 Å². The molecule has 1 fully saturated rings. The second-order valence-electron chi connectivity index (χ2n) is 4.21. The first kappa shape index (κ1) is 11.9. The van der Waals surface area contributed by atoms with Crippen molar-refractivity contribution in [2.75, 3.05) is 20.1 Å². The van der Waals surface area contributed by atoms with E-state index in [0.29, 0.717) is 0 Å². The molecule has 1 atom stereocenters. The van der Waals surface area contributed by atoms with Crippen molar-refractivity contribution in [2.45, 2.75) is 12.5 Å². The number of carboxylic acid groups (broad SMARTS) is 1. The molecule has 2 rings (SSSR count). The molecular formula is C12H14FNO3. The number of ether oxygens (including phenoxy) is 1.